The van der Waals surface area contributed by atoms with Gasteiger partial charge in [0.2, 0.25) is 11.7 Å². The molecule has 0 bridgehead atoms. The molecule has 2 aromatic carbocycles. The second kappa shape index (κ2) is 8.68. The number of rotatable bonds is 8. The number of carbonyl (C=O) groups is 1. The zero-order chi connectivity index (χ0) is 21.8. The number of benzene rings is 2. The van der Waals surface area contributed by atoms with Crippen LogP contribution in [0.2, 0.25) is 0 Å². The first-order valence-corrected chi connectivity index (χ1v) is 8.27. The molecule has 3 rings (SSSR count). The number of amides is 1. The minimum atomic E-state index is -3.02. The summed E-state index contributed by atoms with van der Waals surface area (Å²) in [6, 6.07) is 5.50. The zero-order valence-electron chi connectivity index (χ0n) is 15.3. The molecule has 0 atom stereocenters. The Labute approximate surface area is 166 Å². The van der Waals surface area contributed by atoms with Crippen molar-refractivity contribution in [1.29, 1.82) is 0 Å². The molecule has 0 aliphatic heterocycles. The first-order valence-electron chi connectivity index (χ1n) is 8.27. The molecular weight excluding hydrogens is 412 g/mol. The number of nitrogens with zero attached hydrogens (tertiary/aromatic N) is 2. The summed E-state index contributed by atoms with van der Waals surface area (Å²) in [6.45, 7) is -3.17. The molecule has 1 aromatic heterocycles. The van der Waals surface area contributed by atoms with E-state index in [0.717, 1.165) is 6.07 Å². The Morgan fingerprint density at radius 3 is 2.63 bits per heavy atom. The molecular formula is C18H14F4N4O4. The van der Waals surface area contributed by atoms with Crippen LogP contribution in [0.3, 0.4) is 0 Å². The van der Waals surface area contributed by atoms with Crippen molar-refractivity contribution < 1.29 is 36.4 Å². The van der Waals surface area contributed by atoms with E-state index in [1.807, 2.05) is 0 Å². The number of carbonyl (C=O) groups excluding carboxylic acids is 1. The Morgan fingerprint density at radius 1 is 1.20 bits per heavy atom. The number of methoxy groups -OCH3 is 1. The van der Waals surface area contributed by atoms with E-state index in [1.165, 1.54) is 25.3 Å². The number of nitrogens with one attached hydrogen (secondary N) is 1. The van der Waals surface area contributed by atoms with Gasteiger partial charge >= 0.3 is 6.61 Å². The van der Waals surface area contributed by atoms with Gasteiger partial charge in [0.05, 0.1) is 24.9 Å². The standard InChI is InChI=1S/C18H14F4N4O4/c1-28-14-4-8(2-3-13(14)29-18(21)22)17-25-15(30-26-17)7-24-12-5-9(16(23)27)10(19)6-11(12)20/h2-6,18,24H,7H2,1H3,(H2,23,27). The summed E-state index contributed by atoms with van der Waals surface area (Å²) in [5.41, 5.74) is 4.74. The van der Waals surface area contributed by atoms with Gasteiger partial charge in [-0.05, 0) is 24.3 Å². The third-order valence-electron chi connectivity index (χ3n) is 3.86. The van der Waals surface area contributed by atoms with Crippen LogP contribution in [-0.4, -0.2) is 29.8 Å². The molecule has 0 unspecified atom stereocenters. The fourth-order valence-electron chi connectivity index (χ4n) is 2.49. The molecule has 0 saturated carbocycles. The van der Waals surface area contributed by atoms with Crippen molar-refractivity contribution in [1.82, 2.24) is 10.1 Å². The van der Waals surface area contributed by atoms with Gasteiger partial charge in [0.15, 0.2) is 11.5 Å². The van der Waals surface area contributed by atoms with Crippen molar-refractivity contribution >= 4 is 11.6 Å². The first-order chi connectivity index (χ1) is 14.3. The SMILES string of the molecule is COc1cc(-c2noc(CNc3cc(C(N)=O)c(F)cc3F)n2)ccc1OC(F)F. The number of primary amides is 1. The van der Waals surface area contributed by atoms with E-state index in [1.54, 1.807) is 0 Å². The van der Waals surface area contributed by atoms with Crippen LogP contribution in [0, 0.1) is 11.6 Å². The number of alkyl halides is 2. The summed E-state index contributed by atoms with van der Waals surface area (Å²) < 4.78 is 66.6. The molecule has 0 saturated heterocycles. The second-order valence-electron chi connectivity index (χ2n) is 5.79. The van der Waals surface area contributed by atoms with Crippen molar-refractivity contribution in [2.75, 3.05) is 12.4 Å². The Hall–Kier alpha value is -3.83. The van der Waals surface area contributed by atoms with E-state index in [9.17, 15) is 22.4 Å². The summed E-state index contributed by atoms with van der Waals surface area (Å²) in [4.78, 5) is 15.3. The Bertz CT molecular complexity index is 1070. The van der Waals surface area contributed by atoms with Crippen LogP contribution < -0.4 is 20.5 Å². The lowest BCUT2D eigenvalue weighted by Gasteiger charge is -2.10. The second-order valence-corrected chi connectivity index (χ2v) is 5.79. The zero-order valence-corrected chi connectivity index (χ0v) is 15.3. The molecule has 1 heterocycles. The van der Waals surface area contributed by atoms with Crippen molar-refractivity contribution in [3.05, 3.63) is 53.4 Å². The number of hydrogen-bond acceptors (Lipinski definition) is 7. The quantitative estimate of drug-likeness (QED) is 0.531. The van der Waals surface area contributed by atoms with Crippen molar-refractivity contribution in [3.63, 3.8) is 0 Å². The lowest BCUT2D eigenvalue weighted by atomic mass is 10.1. The molecule has 12 heteroatoms. The van der Waals surface area contributed by atoms with Crippen LogP contribution in [0.5, 0.6) is 11.5 Å². The minimum absolute atomic E-state index is 0.0289. The Kier molecular flexibility index (Phi) is 6.04. The molecule has 30 heavy (non-hydrogen) atoms. The van der Waals surface area contributed by atoms with E-state index in [-0.39, 0.29) is 35.4 Å². The fourth-order valence-corrected chi connectivity index (χ4v) is 2.49. The van der Waals surface area contributed by atoms with Gasteiger partial charge in [-0.1, -0.05) is 5.16 Å². The topological polar surface area (TPSA) is 112 Å². The van der Waals surface area contributed by atoms with Gasteiger partial charge in [-0.15, -0.1) is 0 Å². The highest BCUT2D eigenvalue weighted by molar-refractivity contribution is 5.94. The van der Waals surface area contributed by atoms with Crippen molar-refractivity contribution in [2.24, 2.45) is 5.73 Å². The maximum Gasteiger partial charge on any atom is 0.387 e. The third kappa shape index (κ3) is 4.59. The summed E-state index contributed by atoms with van der Waals surface area (Å²) in [7, 11) is 1.28. The largest absolute Gasteiger partial charge is 0.493 e. The molecule has 1 amide bonds. The van der Waals surface area contributed by atoms with Crippen LogP contribution in [-0.2, 0) is 6.54 Å². The molecule has 0 fully saturated rings. The van der Waals surface area contributed by atoms with Gasteiger partial charge in [0.25, 0.3) is 5.91 Å². The maximum absolute atomic E-state index is 13.9. The summed E-state index contributed by atoms with van der Waals surface area (Å²) in [5, 5.41) is 6.34. The van der Waals surface area contributed by atoms with Crippen LogP contribution in [0.4, 0.5) is 23.2 Å². The molecule has 3 aromatic rings. The highest BCUT2D eigenvalue weighted by Gasteiger charge is 2.17. The molecule has 0 spiro atoms. The fraction of sp³-hybridized carbons (Fsp3) is 0.167. The number of hydrogen-bond donors (Lipinski definition) is 2. The van der Waals surface area contributed by atoms with Crippen molar-refractivity contribution in [3.8, 4) is 22.9 Å². The number of aromatic nitrogens is 2. The van der Waals surface area contributed by atoms with Gasteiger partial charge in [0, 0.05) is 11.6 Å². The van der Waals surface area contributed by atoms with Crippen LogP contribution in [0.25, 0.3) is 11.4 Å². The summed E-state index contributed by atoms with van der Waals surface area (Å²) in [5.74, 6) is -3.09. The van der Waals surface area contributed by atoms with Gasteiger partial charge in [-0.3, -0.25) is 4.79 Å². The average molecular weight is 426 g/mol. The van der Waals surface area contributed by atoms with E-state index in [2.05, 4.69) is 20.2 Å². The van der Waals surface area contributed by atoms with Gasteiger partial charge in [-0.25, -0.2) is 8.78 Å². The first kappa shape index (κ1) is 20.9. The molecule has 0 radical (unpaired) electrons. The predicted molar refractivity (Wildman–Crippen MR) is 95.1 cm³/mol. The molecule has 8 nitrogen and oxygen atoms in total. The van der Waals surface area contributed by atoms with Gasteiger partial charge in [-0.2, -0.15) is 13.8 Å². The Morgan fingerprint density at radius 2 is 1.97 bits per heavy atom. The van der Waals surface area contributed by atoms with Gasteiger partial charge in [0.1, 0.15) is 11.6 Å². The molecule has 0 aliphatic carbocycles. The van der Waals surface area contributed by atoms with Gasteiger partial charge < -0.3 is 25.0 Å². The van der Waals surface area contributed by atoms with E-state index >= 15 is 0 Å². The minimum Gasteiger partial charge on any atom is -0.493 e. The number of nitrogens with two attached hydrogens (primary N) is 1. The molecule has 158 valence electrons. The monoisotopic (exact) mass is 426 g/mol. The van der Waals surface area contributed by atoms with Crippen LogP contribution >= 0.6 is 0 Å². The number of ether oxygens (including phenoxy) is 2. The number of anilines is 1. The summed E-state index contributed by atoms with van der Waals surface area (Å²) >= 11 is 0. The van der Waals surface area contributed by atoms with E-state index < -0.39 is 29.7 Å². The van der Waals surface area contributed by atoms with Crippen molar-refractivity contribution in [2.45, 2.75) is 13.2 Å². The highest BCUT2D eigenvalue weighted by Crippen LogP contribution is 2.32. The van der Waals surface area contributed by atoms with E-state index in [0.29, 0.717) is 11.6 Å². The normalized spacial score (nSPS) is 10.9. The average Bonchev–Trinajstić information content (AvgIpc) is 3.16. The maximum atomic E-state index is 13.9. The Balaban J connectivity index is 1.76. The third-order valence-corrected chi connectivity index (χ3v) is 3.86. The smallest absolute Gasteiger partial charge is 0.387 e. The lowest BCUT2D eigenvalue weighted by molar-refractivity contribution is -0.0512. The highest BCUT2D eigenvalue weighted by atomic mass is 19.3. The lowest BCUT2D eigenvalue weighted by Crippen LogP contribution is -2.14. The predicted octanol–water partition coefficient (Wildman–Crippen LogP) is 3.34. The number of halogens is 4. The van der Waals surface area contributed by atoms with E-state index in [4.69, 9.17) is 15.0 Å². The molecule has 3 N–H and O–H groups in total. The van der Waals surface area contributed by atoms with Crippen LogP contribution in [0.15, 0.2) is 34.9 Å². The molecule has 0 aliphatic rings. The summed E-state index contributed by atoms with van der Waals surface area (Å²) in [6.07, 6.45) is 0. The van der Waals surface area contributed by atoms with Crippen LogP contribution in [0.1, 0.15) is 16.2 Å².